The zero-order valence-corrected chi connectivity index (χ0v) is 17.0. The van der Waals surface area contributed by atoms with E-state index >= 15 is 0 Å². The minimum absolute atomic E-state index is 0.0303. The van der Waals surface area contributed by atoms with Gasteiger partial charge >= 0.3 is 6.09 Å². The summed E-state index contributed by atoms with van der Waals surface area (Å²) in [7, 11) is -3.01. The van der Waals surface area contributed by atoms with Crippen molar-refractivity contribution in [3.8, 4) is 0 Å². The molecule has 1 saturated heterocycles. The van der Waals surface area contributed by atoms with Crippen LogP contribution in [0.1, 0.15) is 27.2 Å². The Morgan fingerprint density at radius 2 is 1.96 bits per heavy atom. The highest BCUT2D eigenvalue weighted by Gasteiger charge is 2.28. The smallest absolute Gasteiger partial charge is 0.412 e. The van der Waals surface area contributed by atoms with Crippen molar-refractivity contribution in [2.24, 2.45) is 0 Å². The molecule has 0 saturated carbocycles. The quantitative estimate of drug-likeness (QED) is 0.762. The average molecular weight is 419 g/mol. The first kappa shape index (κ1) is 21.5. The van der Waals surface area contributed by atoms with Crippen molar-refractivity contribution in [1.29, 1.82) is 0 Å². The SMILES string of the molecule is CC(C)(C)OC(=O)Nc1ccc(F)cc1NC(=O)CSC1CCS(=O)(=O)C1. The van der Waals surface area contributed by atoms with Crippen LogP contribution in [0.4, 0.5) is 20.6 Å². The third-order valence-electron chi connectivity index (χ3n) is 3.53. The van der Waals surface area contributed by atoms with Crippen molar-refractivity contribution in [2.75, 3.05) is 27.9 Å². The fourth-order valence-corrected chi connectivity index (χ4v) is 5.86. The van der Waals surface area contributed by atoms with Crippen LogP contribution in [0.15, 0.2) is 18.2 Å². The summed E-state index contributed by atoms with van der Waals surface area (Å²) in [6, 6.07) is 3.57. The van der Waals surface area contributed by atoms with Gasteiger partial charge in [0.25, 0.3) is 0 Å². The van der Waals surface area contributed by atoms with Crippen LogP contribution >= 0.6 is 11.8 Å². The van der Waals surface area contributed by atoms with Gasteiger partial charge in [-0.15, -0.1) is 11.8 Å². The van der Waals surface area contributed by atoms with E-state index in [-0.39, 0.29) is 33.9 Å². The van der Waals surface area contributed by atoms with E-state index in [2.05, 4.69) is 10.6 Å². The van der Waals surface area contributed by atoms with Crippen LogP contribution in [0.2, 0.25) is 0 Å². The zero-order valence-electron chi connectivity index (χ0n) is 15.4. The van der Waals surface area contributed by atoms with Gasteiger partial charge in [-0.2, -0.15) is 0 Å². The molecule has 1 aromatic carbocycles. The number of hydrogen-bond acceptors (Lipinski definition) is 6. The molecule has 150 valence electrons. The average Bonchev–Trinajstić information content (AvgIpc) is 2.85. The number of carbonyl (C=O) groups is 2. The first-order chi connectivity index (χ1) is 12.4. The van der Waals surface area contributed by atoms with Gasteiger partial charge in [0.2, 0.25) is 5.91 Å². The number of benzene rings is 1. The van der Waals surface area contributed by atoms with E-state index in [1.54, 1.807) is 20.8 Å². The molecule has 1 unspecified atom stereocenters. The Labute approximate surface area is 162 Å². The predicted octanol–water partition coefficient (Wildman–Crippen LogP) is 3.03. The van der Waals surface area contributed by atoms with Crippen LogP contribution < -0.4 is 10.6 Å². The van der Waals surface area contributed by atoms with E-state index in [0.29, 0.717) is 6.42 Å². The molecule has 1 fully saturated rings. The summed E-state index contributed by atoms with van der Waals surface area (Å²) in [5.41, 5.74) is -0.399. The van der Waals surface area contributed by atoms with Gasteiger partial charge in [0, 0.05) is 5.25 Å². The number of halogens is 1. The molecule has 1 heterocycles. The van der Waals surface area contributed by atoms with E-state index < -0.39 is 33.3 Å². The Kier molecular flexibility index (Phi) is 6.74. The van der Waals surface area contributed by atoms with E-state index in [4.69, 9.17) is 4.74 Å². The molecule has 0 aliphatic carbocycles. The Morgan fingerprint density at radius 1 is 1.26 bits per heavy atom. The van der Waals surface area contributed by atoms with E-state index in [1.807, 2.05) is 0 Å². The highest BCUT2D eigenvalue weighted by molar-refractivity contribution is 8.02. The third kappa shape index (κ3) is 7.37. The molecule has 2 rings (SSSR count). The molecular formula is C17H23FN2O5S2. The molecule has 1 aliphatic rings. The summed E-state index contributed by atoms with van der Waals surface area (Å²) >= 11 is 1.25. The van der Waals surface area contributed by atoms with Crippen molar-refractivity contribution in [2.45, 2.75) is 38.0 Å². The van der Waals surface area contributed by atoms with Crippen molar-refractivity contribution in [3.63, 3.8) is 0 Å². The van der Waals surface area contributed by atoms with Crippen molar-refractivity contribution >= 4 is 45.0 Å². The van der Waals surface area contributed by atoms with Crippen molar-refractivity contribution in [1.82, 2.24) is 0 Å². The lowest BCUT2D eigenvalue weighted by atomic mass is 10.2. The standard InChI is InChI=1S/C17H23FN2O5S2/c1-17(2,3)25-16(22)20-13-5-4-11(18)8-14(13)19-15(21)9-26-12-6-7-27(23,24)10-12/h4-5,8,12H,6-7,9-10H2,1-3H3,(H,19,21)(H,20,22). The molecule has 0 radical (unpaired) electrons. The number of thioether (sulfide) groups is 1. The number of nitrogens with one attached hydrogen (secondary N) is 2. The van der Waals surface area contributed by atoms with Crippen LogP contribution in [0, 0.1) is 5.82 Å². The lowest BCUT2D eigenvalue weighted by molar-refractivity contribution is -0.113. The number of amides is 2. The lowest BCUT2D eigenvalue weighted by Gasteiger charge is -2.20. The maximum Gasteiger partial charge on any atom is 0.412 e. The maximum atomic E-state index is 13.6. The van der Waals surface area contributed by atoms with Gasteiger partial charge < -0.3 is 10.1 Å². The number of anilines is 2. The van der Waals surface area contributed by atoms with Gasteiger partial charge in [0.1, 0.15) is 11.4 Å². The molecule has 1 aromatic rings. The number of rotatable bonds is 5. The zero-order chi connectivity index (χ0) is 20.2. The topological polar surface area (TPSA) is 102 Å². The first-order valence-corrected chi connectivity index (χ1v) is 11.2. The molecule has 10 heteroatoms. The highest BCUT2D eigenvalue weighted by Crippen LogP contribution is 2.26. The predicted molar refractivity (Wildman–Crippen MR) is 104 cm³/mol. The summed E-state index contributed by atoms with van der Waals surface area (Å²) in [6.07, 6.45) is -0.207. The summed E-state index contributed by atoms with van der Waals surface area (Å²) in [5.74, 6) is -0.754. The molecule has 1 atom stereocenters. The summed E-state index contributed by atoms with van der Waals surface area (Å²) in [5, 5.41) is 4.91. The second-order valence-electron chi connectivity index (χ2n) is 7.20. The van der Waals surface area contributed by atoms with Crippen LogP contribution in [-0.4, -0.2) is 48.5 Å². The molecule has 0 aromatic heterocycles. The number of ether oxygens (including phenoxy) is 1. The molecule has 2 amide bonds. The van der Waals surface area contributed by atoms with Gasteiger partial charge in [-0.05, 0) is 45.4 Å². The third-order valence-corrected chi connectivity index (χ3v) is 6.81. The Hall–Kier alpha value is -1.81. The van der Waals surface area contributed by atoms with E-state index in [9.17, 15) is 22.4 Å². The summed E-state index contributed by atoms with van der Waals surface area (Å²) in [6.45, 7) is 5.13. The minimum Gasteiger partial charge on any atom is -0.444 e. The van der Waals surface area contributed by atoms with Crippen LogP contribution in [0.25, 0.3) is 0 Å². The summed E-state index contributed by atoms with van der Waals surface area (Å²) in [4.78, 5) is 24.1. The number of carbonyl (C=O) groups excluding carboxylic acids is 2. The fourth-order valence-electron chi connectivity index (χ4n) is 2.41. The van der Waals surface area contributed by atoms with Gasteiger partial charge in [0.05, 0.1) is 28.6 Å². The van der Waals surface area contributed by atoms with Crippen LogP contribution in [0.5, 0.6) is 0 Å². The lowest BCUT2D eigenvalue weighted by Crippen LogP contribution is -2.27. The minimum atomic E-state index is -3.01. The largest absolute Gasteiger partial charge is 0.444 e. The van der Waals surface area contributed by atoms with Gasteiger partial charge in [-0.3, -0.25) is 10.1 Å². The highest BCUT2D eigenvalue weighted by atomic mass is 32.2. The van der Waals surface area contributed by atoms with Crippen molar-refractivity contribution in [3.05, 3.63) is 24.0 Å². The molecule has 0 bridgehead atoms. The fraction of sp³-hybridized carbons (Fsp3) is 0.529. The maximum absolute atomic E-state index is 13.6. The molecule has 2 N–H and O–H groups in total. The number of sulfone groups is 1. The Bertz CT molecular complexity index is 821. The molecular weight excluding hydrogens is 395 g/mol. The first-order valence-electron chi connectivity index (χ1n) is 8.35. The van der Waals surface area contributed by atoms with Gasteiger partial charge in [0.15, 0.2) is 9.84 Å². The Balaban J connectivity index is 1.97. The van der Waals surface area contributed by atoms with Crippen molar-refractivity contribution < 1.29 is 27.1 Å². The second-order valence-corrected chi connectivity index (χ2v) is 10.7. The van der Waals surface area contributed by atoms with Gasteiger partial charge in [-0.1, -0.05) is 0 Å². The van der Waals surface area contributed by atoms with Gasteiger partial charge in [-0.25, -0.2) is 17.6 Å². The molecule has 27 heavy (non-hydrogen) atoms. The summed E-state index contributed by atoms with van der Waals surface area (Å²) < 4.78 is 41.6. The van der Waals surface area contributed by atoms with E-state index in [0.717, 1.165) is 12.1 Å². The second kappa shape index (κ2) is 8.47. The monoisotopic (exact) mass is 418 g/mol. The normalized spacial score (nSPS) is 18.7. The van der Waals surface area contributed by atoms with E-state index in [1.165, 1.54) is 17.8 Å². The number of hydrogen-bond donors (Lipinski definition) is 2. The van der Waals surface area contributed by atoms with Crippen LogP contribution in [-0.2, 0) is 19.4 Å². The molecule has 7 nitrogen and oxygen atoms in total. The molecule has 1 aliphatic heterocycles. The van der Waals surface area contributed by atoms with Crippen LogP contribution in [0.3, 0.4) is 0 Å². The molecule has 0 spiro atoms. The Morgan fingerprint density at radius 3 is 2.56 bits per heavy atom.